The Morgan fingerprint density at radius 3 is 2.46 bits per heavy atom. The number of rotatable bonds is 6. The monoisotopic (exact) mass is 392 g/mol. The Kier molecular flexibility index (Phi) is 7.25. The molecule has 0 radical (unpaired) electrons. The standard InChI is InChI=1S/C20H28N2O6/c1-5-26-17(23)16-10-8-15(9-11-16)7-6-12-21-18(24)27-14-13-22(21)19(25)28-20(2,3)4/h8-11H,5-7,12-14H2,1-4H3. The van der Waals surface area contributed by atoms with Gasteiger partial charge in [-0.25, -0.2) is 24.4 Å². The maximum Gasteiger partial charge on any atom is 0.429 e. The zero-order valence-corrected chi connectivity index (χ0v) is 16.9. The smallest absolute Gasteiger partial charge is 0.429 e. The predicted molar refractivity (Wildman–Crippen MR) is 102 cm³/mol. The molecule has 1 fully saturated rings. The average molecular weight is 392 g/mol. The SMILES string of the molecule is CCOC(=O)c1ccc(CCCN2C(=O)OCCN2C(=O)OC(C)(C)C)cc1. The number of esters is 1. The minimum absolute atomic E-state index is 0.143. The number of hydrogen-bond donors (Lipinski definition) is 0. The van der Waals surface area contributed by atoms with Crippen LogP contribution in [0.25, 0.3) is 0 Å². The first-order valence-electron chi connectivity index (χ1n) is 9.42. The lowest BCUT2D eigenvalue weighted by Crippen LogP contribution is -2.56. The second kappa shape index (κ2) is 9.43. The number of carbonyl (C=O) groups excluding carboxylic acids is 3. The number of nitrogens with zero attached hydrogens (tertiary/aromatic N) is 2. The van der Waals surface area contributed by atoms with E-state index in [-0.39, 0.29) is 19.1 Å². The van der Waals surface area contributed by atoms with Crippen molar-refractivity contribution in [2.75, 3.05) is 26.3 Å². The molecule has 8 nitrogen and oxygen atoms in total. The molecule has 1 aliphatic rings. The molecule has 0 saturated carbocycles. The van der Waals surface area contributed by atoms with Crippen LogP contribution in [0.15, 0.2) is 24.3 Å². The average Bonchev–Trinajstić information content (AvgIpc) is 2.62. The van der Waals surface area contributed by atoms with Gasteiger partial charge in [-0.05, 0) is 58.2 Å². The van der Waals surface area contributed by atoms with Crippen molar-refractivity contribution in [3.63, 3.8) is 0 Å². The second-order valence-corrected chi connectivity index (χ2v) is 7.36. The van der Waals surface area contributed by atoms with E-state index >= 15 is 0 Å². The minimum Gasteiger partial charge on any atom is -0.462 e. The predicted octanol–water partition coefficient (Wildman–Crippen LogP) is 3.40. The molecule has 1 aliphatic heterocycles. The Morgan fingerprint density at radius 1 is 1.18 bits per heavy atom. The molecule has 1 aromatic rings. The van der Waals surface area contributed by atoms with Gasteiger partial charge >= 0.3 is 18.2 Å². The van der Waals surface area contributed by atoms with E-state index in [2.05, 4.69) is 0 Å². The van der Waals surface area contributed by atoms with Crippen molar-refractivity contribution >= 4 is 18.2 Å². The van der Waals surface area contributed by atoms with E-state index in [1.54, 1.807) is 39.8 Å². The number of hydrazine groups is 1. The van der Waals surface area contributed by atoms with Crippen molar-refractivity contribution in [2.45, 2.75) is 46.1 Å². The maximum atomic E-state index is 12.4. The summed E-state index contributed by atoms with van der Waals surface area (Å²) in [5, 5.41) is 2.57. The Labute approximate surface area is 165 Å². The van der Waals surface area contributed by atoms with Gasteiger partial charge in [0.1, 0.15) is 12.2 Å². The van der Waals surface area contributed by atoms with Crippen molar-refractivity contribution in [1.29, 1.82) is 0 Å². The molecule has 0 unspecified atom stereocenters. The van der Waals surface area contributed by atoms with Gasteiger partial charge in [-0.15, -0.1) is 0 Å². The number of ether oxygens (including phenoxy) is 3. The van der Waals surface area contributed by atoms with Crippen LogP contribution in [0.3, 0.4) is 0 Å². The van der Waals surface area contributed by atoms with Crippen molar-refractivity contribution in [3.05, 3.63) is 35.4 Å². The Bertz CT molecular complexity index is 696. The van der Waals surface area contributed by atoms with Crippen LogP contribution in [0.1, 0.15) is 50.0 Å². The highest BCUT2D eigenvalue weighted by Gasteiger charge is 2.34. The normalized spacial score (nSPS) is 14.5. The molecule has 2 rings (SSSR count). The second-order valence-electron chi connectivity index (χ2n) is 7.36. The molecule has 0 aliphatic carbocycles. The van der Waals surface area contributed by atoms with Crippen LogP contribution in [0.5, 0.6) is 0 Å². The lowest BCUT2D eigenvalue weighted by atomic mass is 10.1. The first-order valence-corrected chi connectivity index (χ1v) is 9.42. The summed E-state index contributed by atoms with van der Waals surface area (Å²) in [6, 6.07) is 7.14. The van der Waals surface area contributed by atoms with Gasteiger partial charge < -0.3 is 14.2 Å². The molecule has 28 heavy (non-hydrogen) atoms. The molecule has 8 heteroatoms. The lowest BCUT2D eigenvalue weighted by molar-refractivity contribution is -0.0764. The van der Waals surface area contributed by atoms with E-state index in [1.165, 1.54) is 10.0 Å². The van der Waals surface area contributed by atoms with Crippen LogP contribution in [0.2, 0.25) is 0 Å². The fourth-order valence-electron chi connectivity index (χ4n) is 2.68. The molecule has 0 aromatic heterocycles. The molecular weight excluding hydrogens is 364 g/mol. The Morgan fingerprint density at radius 2 is 1.86 bits per heavy atom. The highest BCUT2D eigenvalue weighted by atomic mass is 16.6. The summed E-state index contributed by atoms with van der Waals surface area (Å²) >= 11 is 0. The molecule has 0 atom stereocenters. The van der Waals surface area contributed by atoms with Crippen LogP contribution in [0.4, 0.5) is 9.59 Å². The third kappa shape index (κ3) is 6.14. The molecular formula is C20H28N2O6. The summed E-state index contributed by atoms with van der Waals surface area (Å²) in [5.74, 6) is -0.349. The number of aryl methyl sites for hydroxylation is 1. The number of hydrogen-bond acceptors (Lipinski definition) is 6. The van der Waals surface area contributed by atoms with E-state index in [0.29, 0.717) is 31.6 Å². The number of benzene rings is 1. The largest absolute Gasteiger partial charge is 0.462 e. The molecule has 0 spiro atoms. The van der Waals surface area contributed by atoms with Gasteiger partial charge in [0.25, 0.3) is 0 Å². The van der Waals surface area contributed by atoms with Crippen LogP contribution >= 0.6 is 0 Å². The topological polar surface area (TPSA) is 85.4 Å². The fraction of sp³-hybridized carbons (Fsp3) is 0.550. The molecule has 154 valence electrons. The van der Waals surface area contributed by atoms with Gasteiger partial charge in [-0.1, -0.05) is 12.1 Å². The Hall–Kier alpha value is -2.77. The molecule has 0 N–H and O–H groups in total. The molecule has 2 amide bonds. The first kappa shape index (κ1) is 21.5. The zero-order chi connectivity index (χ0) is 20.7. The van der Waals surface area contributed by atoms with Crippen LogP contribution < -0.4 is 0 Å². The molecule has 1 aromatic carbocycles. The molecule has 1 saturated heterocycles. The van der Waals surface area contributed by atoms with Gasteiger partial charge in [0, 0.05) is 6.54 Å². The zero-order valence-electron chi connectivity index (χ0n) is 16.9. The van der Waals surface area contributed by atoms with Gasteiger partial charge in [0.05, 0.1) is 18.7 Å². The van der Waals surface area contributed by atoms with Crippen molar-refractivity contribution in [1.82, 2.24) is 10.0 Å². The van der Waals surface area contributed by atoms with Gasteiger partial charge in [0.15, 0.2) is 0 Å². The molecule has 0 bridgehead atoms. The van der Waals surface area contributed by atoms with E-state index in [4.69, 9.17) is 14.2 Å². The van der Waals surface area contributed by atoms with Crippen molar-refractivity contribution in [2.24, 2.45) is 0 Å². The highest BCUT2D eigenvalue weighted by Crippen LogP contribution is 2.16. The van der Waals surface area contributed by atoms with Crippen molar-refractivity contribution in [3.8, 4) is 0 Å². The van der Waals surface area contributed by atoms with Gasteiger partial charge in [-0.2, -0.15) is 0 Å². The summed E-state index contributed by atoms with van der Waals surface area (Å²) in [7, 11) is 0. The summed E-state index contributed by atoms with van der Waals surface area (Å²) in [4.78, 5) is 36.2. The maximum absolute atomic E-state index is 12.4. The van der Waals surface area contributed by atoms with E-state index < -0.39 is 17.8 Å². The number of amides is 2. The van der Waals surface area contributed by atoms with Crippen LogP contribution in [0, 0.1) is 0 Å². The minimum atomic E-state index is -0.648. The fourth-order valence-corrected chi connectivity index (χ4v) is 2.68. The number of carbonyl (C=O) groups is 3. The summed E-state index contributed by atoms with van der Waals surface area (Å²) in [6.07, 6.45) is 0.167. The number of cyclic esters (lactones) is 1. The van der Waals surface area contributed by atoms with E-state index in [0.717, 1.165) is 5.56 Å². The summed E-state index contributed by atoms with van der Waals surface area (Å²) < 4.78 is 15.4. The van der Waals surface area contributed by atoms with Crippen LogP contribution in [-0.2, 0) is 20.6 Å². The van der Waals surface area contributed by atoms with Gasteiger partial charge in [0.2, 0.25) is 0 Å². The summed E-state index contributed by atoms with van der Waals surface area (Å²) in [6.45, 7) is 8.14. The lowest BCUT2D eigenvalue weighted by Gasteiger charge is -2.38. The van der Waals surface area contributed by atoms with Gasteiger partial charge in [-0.3, -0.25) is 0 Å². The molecule has 1 heterocycles. The quantitative estimate of drug-likeness (QED) is 0.545. The van der Waals surface area contributed by atoms with Crippen molar-refractivity contribution < 1.29 is 28.6 Å². The first-order chi connectivity index (χ1) is 13.2. The Balaban J connectivity index is 1.92. The van der Waals surface area contributed by atoms with Crippen LogP contribution in [-0.4, -0.2) is 60.1 Å². The highest BCUT2D eigenvalue weighted by molar-refractivity contribution is 5.89. The van der Waals surface area contributed by atoms with E-state index in [9.17, 15) is 14.4 Å². The summed E-state index contributed by atoms with van der Waals surface area (Å²) in [5.41, 5.74) is 0.869. The third-order valence-corrected chi connectivity index (χ3v) is 3.94. The van der Waals surface area contributed by atoms with E-state index in [1.807, 2.05) is 12.1 Å². The third-order valence-electron chi connectivity index (χ3n) is 3.94.